The van der Waals surface area contributed by atoms with Gasteiger partial charge in [-0.15, -0.1) is 0 Å². The number of anilines is 1. The van der Waals surface area contributed by atoms with E-state index in [2.05, 4.69) is 46.2 Å². The van der Waals surface area contributed by atoms with E-state index in [4.69, 9.17) is 0 Å². The second-order valence-electron chi connectivity index (χ2n) is 7.23. The lowest BCUT2D eigenvalue weighted by Gasteiger charge is -2.34. The van der Waals surface area contributed by atoms with E-state index in [1.807, 2.05) is 36.4 Å². The fourth-order valence-electron chi connectivity index (χ4n) is 3.99. The number of H-pyrrole nitrogens is 1. The first-order valence-corrected chi connectivity index (χ1v) is 9.65. The first kappa shape index (κ1) is 17.4. The molecule has 4 rings (SSSR count). The van der Waals surface area contributed by atoms with Crippen molar-refractivity contribution in [3.05, 3.63) is 59.9 Å². The molecule has 0 atom stereocenters. The van der Waals surface area contributed by atoms with Crippen molar-refractivity contribution in [2.45, 2.75) is 38.1 Å². The van der Waals surface area contributed by atoms with Crippen LogP contribution in [0.3, 0.4) is 0 Å². The molecule has 1 heterocycles. The largest absolute Gasteiger partial charge is 0.371 e. The Morgan fingerprint density at radius 2 is 1.85 bits per heavy atom. The second-order valence-corrected chi connectivity index (χ2v) is 7.23. The number of hydrogen-bond acceptors (Lipinski definition) is 3. The molecule has 0 radical (unpaired) electrons. The molecule has 1 aromatic heterocycles. The average molecular weight is 356 g/mol. The third kappa shape index (κ3) is 3.59. The van der Waals surface area contributed by atoms with Crippen LogP contribution < -0.4 is 4.90 Å². The van der Waals surface area contributed by atoms with Crippen molar-refractivity contribution < 1.29 is 0 Å². The fraction of sp³-hybridized carbons (Fsp3) is 0.304. The van der Waals surface area contributed by atoms with Crippen molar-refractivity contribution in [1.82, 2.24) is 9.97 Å². The predicted molar refractivity (Wildman–Crippen MR) is 111 cm³/mol. The molecule has 4 heteroatoms. The number of fused-ring (bicyclic) bond motifs is 1. The van der Waals surface area contributed by atoms with Gasteiger partial charge in [-0.1, -0.05) is 49.6 Å². The molecule has 1 fully saturated rings. The molecule has 0 amide bonds. The number of nitrogens with one attached hydrogen (secondary N) is 1. The number of rotatable bonds is 4. The van der Waals surface area contributed by atoms with Gasteiger partial charge in [0.15, 0.2) is 0 Å². The Labute approximate surface area is 160 Å². The molecule has 1 aliphatic carbocycles. The summed E-state index contributed by atoms with van der Waals surface area (Å²) in [6.07, 6.45) is 8.38. The Morgan fingerprint density at radius 3 is 2.63 bits per heavy atom. The van der Waals surface area contributed by atoms with Gasteiger partial charge in [0.1, 0.15) is 11.9 Å². The molecule has 0 unspecified atom stereocenters. The van der Waals surface area contributed by atoms with Gasteiger partial charge in [0.05, 0.1) is 16.6 Å². The zero-order valence-corrected chi connectivity index (χ0v) is 15.7. The summed E-state index contributed by atoms with van der Waals surface area (Å²) in [5.41, 5.74) is 4.61. The molecule has 2 aromatic carbocycles. The van der Waals surface area contributed by atoms with Crippen LogP contribution in [0.25, 0.3) is 22.7 Å². The normalized spacial score (nSPS) is 15.6. The van der Waals surface area contributed by atoms with Gasteiger partial charge in [-0.2, -0.15) is 5.26 Å². The van der Waals surface area contributed by atoms with Gasteiger partial charge in [0, 0.05) is 18.8 Å². The number of para-hydroxylation sites is 3. The molecule has 0 bridgehead atoms. The Bertz CT molecular complexity index is 969. The minimum absolute atomic E-state index is 0.552. The van der Waals surface area contributed by atoms with Crippen LogP contribution in [-0.2, 0) is 0 Å². The molecule has 3 aromatic rings. The van der Waals surface area contributed by atoms with Crippen LogP contribution in [0.1, 0.15) is 43.5 Å². The van der Waals surface area contributed by atoms with Crippen LogP contribution in [0.2, 0.25) is 0 Å². The van der Waals surface area contributed by atoms with Crippen molar-refractivity contribution in [3.8, 4) is 6.07 Å². The van der Waals surface area contributed by atoms with E-state index in [0.29, 0.717) is 17.4 Å². The average Bonchev–Trinajstić information content (AvgIpc) is 3.16. The third-order valence-corrected chi connectivity index (χ3v) is 5.50. The Balaban J connectivity index is 1.70. The van der Waals surface area contributed by atoms with Gasteiger partial charge in [-0.05, 0) is 42.7 Å². The molecule has 1 aliphatic rings. The van der Waals surface area contributed by atoms with E-state index >= 15 is 0 Å². The molecule has 0 saturated heterocycles. The maximum absolute atomic E-state index is 9.75. The van der Waals surface area contributed by atoms with E-state index in [-0.39, 0.29) is 0 Å². The van der Waals surface area contributed by atoms with E-state index in [1.165, 1.54) is 37.8 Å². The number of benzene rings is 2. The number of nitriles is 1. The molecule has 0 aliphatic heterocycles. The second kappa shape index (κ2) is 7.67. The number of aromatic nitrogens is 2. The number of aromatic amines is 1. The van der Waals surface area contributed by atoms with Gasteiger partial charge in [-0.3, -0.25) is 0 Å². The molecule has 1 saturated carbocycles. The Hall–Kier alpha value is -3.06. The fourth-order valence-corrected chi connectivity index (χ4v) is 3.99. The maximum atomic E-state index is 9.75. The van der Waals surface area contributed by atoms with Crippen LogP contribution in [-0.4, -0.2) is 23.1 Å². The van der Waals surface area contributed by atoms with Gasteiger partial charge in [0.2, 0.25) is 0 Å². The lowest BCUT2D eigenvalue weighted by atomic mass is 9.93. The van der Waals surface area contributed by atoms with Crippen LogP contribution in [0.5, 0.6) is 0 Å². The SMILES string of the molecule is CN(c1ccccc1/C=C(\C#N)c1nc2ccccc2[nH]1)C1CCCCC1. The maximum Gasteiger partial charge on any atom is 0.149 e. The van der Waals surface area contributed by atoms with Crippen LogP contribution in [0.15, 0.2) is 48.5 Å². The standard InChI is InChI=1S/C23H24N4/c1-27(19-10-3-2-4-11-19)22-14-8-5-9-17(22)15-18(16-24)23-25-20-12-6-7-13-21(20)26-23/h5-9,12-15,19H,2-4,10-11H2,1H3,(H,25,26)/b18-15+. The summed E-state index contributed by atoms with van der Waals surface area (Å²) in [6, 6.07) is 19.1. The first-order chi connectivity index (χ1) is 13.3. The van der Waals surface area contributed by atoms with Crippen molar-refractivity contribution >= 4 is 28.4 Å². The molecule has 1 N–H and O–H groups in total. The lowest BCUT2D eigenvalue weighted by molar-refractivity contribution is 0.427. The number of allylic oxidation sites excluding steroid dienone is 1. The lowest BCUT2D eigenvalue weighted by Crippen LogP contribution is -2.33. The zero-order valence-electron chi connectivity index (χ0n) is 15.7. The highest BCUT2D eigenvalue weighted by atomic mass is 15.1. The van der Waals surface area contributed by atoms with Crippen molar-refractivity contribution in [3.63, 3.8) is 0 Å². The van der Waals surface area contributed by atoms with Gasteiger partial charge in [0.25, 0.3) is 0 Å². The van der Waals surface area contributed by atoms with E-state index < -0.39 is 0 Å². The number of nitrogens with zero attached hydrogens (tertiary/aromatic N) is 3. The minimum Gasteiger partial charge on any atom is -0.371 e. The number of hydrogen-bond donors (Lipinski definition) is 1. The summed E-state index contributed by atoms with van der Waals surface area (Å²) in [5, 5.41) is 9.75. The van der Waals surface area contributed by atoms with Gasteiger partial charge < -0.3 is 9.88 Å². The molecular weight excluding hydrogens is 332 g/mol. The highest BCUT2D eigenvalue weighted by Crippen LogP contribution is 2.30. The zero-order chi connectivity index (χ0) is 18.6. The molecular formula is C23H24N4. The molecule has 4 nitrogen and oxygen atoms in total. The summed E-state index contributed by atoms with van der Waals surface area (Å²) in [5.74, 6) is 0.619. The van der Waals surface area contributed by atoms with E-state index in [0.717, 1.165) is 16.6 Å². The van der Waals surface area contributed by atoms with Crippen molar-refractivity contribution in [2.75, 3.05) is 11.9 Å². The Morgan fingerprint density at radius 1 is 1.11 bits per heavy atom. The van der Waals surface area contributed by atoms with Crippen molar-refractivity contribution in [1.29, 1.82) is 5.26 Å². The highest BCUT2D eigenvalue weighted by molar-refractivity contribution is 5.92. The smallest absolute Gasteiger partial charge is 0.149 e. The summed E-state index contributed by atoms with van der Waals surface area (Å²) in [4.78, 5) is 10.2. The topological polar surface area (TPSA) is 55.7 Å². The third-order valence-electron chi connectivity index (χ3n) is 5.50. The van der Waals surface area contributed by atoms with E-state index in [1.54, 1.807) is 0 Å². The quantitative estimate of drug-likeness (QED) is 0.637. The Kier molecular flexibility index (Phi) is 4.93. The van der Waals surface area contributed by atoms with Gasteiger partial charge in [-0.25, -0.2) is 4.98 Å². The van der Waals surface area contributed by atoms with Gasteiger partial charge >= 0.3 is 0 Å². The van der Waals surface area contributed by atoms with Crippen molar-refractivity contribution in [2.24, 2.45) is 0 Å². The van der Waals surface area contributed by atoms with Crippen LogP contribution in [0.4, 0.5) is 5.69 Å². The molecule has 27 heavy (non-hydrogen) atoms. The summed E-state index contributed by atoms with van der Waals surface area (Å²) in [6.45, 7) is 0. The summed E-state index contributed by atoms with van der Waals surface area (Å²) >= 11 is 0. The minimum atomic E-state index is 0.552. The molecule has 136 valence electrons. The summed E-state index contributed by atoms with van der Waals surface area (Å²) < 4.78 is 0. The van der Waals surface area contributed by atoms with Crippen LogP contribution >= 0.6 is 0 Å². The predicted octanol–water partition coefficient (Wildman–Crippen LogP) is 5.40. The molecule has 0 spiro atoms. The first-order valence-electron chi connectivity index (χ1n) is 9.65. The van der Waals surface area contributed by atoms with Crippen LogP contribution in [0, 0.1) is 11.3 Å². The highest BCUT2D eigenvalue weighted by Gasteiger charge is 2.20. The monoisotopic (exact) mass is 356 g/mol. The van der Waals surface area contributed by atoms with E-state index in [9.17, 15) is 5.26 Å². The number of imidazole rings is 1. The summed E-state index contributed by atoms with van der Waals surface area (Å²) in [7, 11) is 2.18.